The molecule has 3 amide bonds. The SMILES string of the molecule is CCO[C@H](c1ccccc1)[C@@H](C(=O)NC(C)(C)C)N1C(=O)c2ccccc2C1=O. The highest BCUT2D eigenvalue weighted by Crippen LogP contribution is 2.32. The number of nitrogens with zero attached hydrogens (tertiary/aromatic N) is 1. The van der Waals surface area contributed by atoms with Gasteiger partial charge in [-0.1, -0.05) is 42.5 Å². The summed E-state index contributed by atoms with van der Waals surface area (Å²) in [6.07, 6.45) is -0.786. The van der Waals surface area contributed by atoms with Gasteiger partial charge in [0.15, 0.2) is 0 Å². The first-order chi connectivity index (χ1) is 13.7. The minimum absolute atomic E-state index is 0.300. The van der Waals surface area contributed by atoms with E-state index in [1.54, 1.807) is 24.3 Å². The Morgan fingerprint density at radius 3 is 1.97 bits per heavy atom. The Hall–Kier alpha value is -2.99. The van der Waals surface area contributed by atoms with Crippen LogP contribution in [0.15, 0.2) is 54.6 Å². The summed E-state index contributed by atoms with van der Waals surface area (Å²) in [6.45, 7) is 7.69. The molecule has 2 aromatic rings. The number of ether oxygens (including phenoxy) is 1. The van der Waals surface area contributed by atoms with Crippen LogP contribution in [0.3, 0.4) is 0 Å². The lowest BCUT2D eigenvalue weighted by Crippen LogP contribution is -2.56. The molecule has 3 rings (SSSR count). The quantitative estimate of drug-likeness (QED) is 0.763. The van der Waals surface area contributed by atoms with Gasteiger partial charge < -0.3 is 10.1 Å². The lowest BCUT2D eigenvalue weighted by atomic mass is 9.98. The van der Waals surface area contributed by atoms with E-state index in [0.29, 0.717) is 17.7 Å². The first kappa shape index (κ1) is 20.7. The van der Waals surface area contributed by atoms with E-state index in [-0.39, 0.29) is 0 Å². The van der Waals surface area contributed by atoms with Crippen molar-refractivity contribution in [3.8, 4) is 0 Å². The lowest BCUT2D eigenvalue weighted by Gasteiger charge is -2.34. The monoisotopic (exact) mass is 394 g/mol. The van der Waals surface area contributed by atoms with Gasteiger partial charge in [-0.05, 0) is 45.4 Å². The minimum atomic E-state index is -1.14. The molecular weight excluding hydrogens is 368 g/mol. The number of rotatable bonds is 6. The van der Waals surface area contributed by atoms with Crippen LogP contribution in [0.4, 0.5) is 0 Å². The summed E-state index contributed by atoms with van der Waals surface area (Å²) in [4.78, 5) is 40.6. The molecular formula is C23H26N2O4. The van der Waals surface area contributed by atoms with Gasteiger partial charge in [0.1, 0.15) is 12.1 Å². The van der Waals surface area contributed by atoms with Crippen molar-refractivity contribution in [2.45, 2.75) is 45.4 Å². The Bertz CT molecular complexity index is 883. The Morgan fingerprint density at radius 2 is 1.48 bits per heavy atom. The van der Waals surface area contributed by atoms with E-state index in [2.05, 4.69) is 5.32 Å². The van der Waals surface area contributed by atoms with Crippen molar-refractivity contribution in [3.63, 3.8) is 0 Å². The number of nitrogens with one attached hydrogen (secondary N) is 1. The van der Waals surface area contributed by atoms with Crippen LogP contribution in [0.5, 0.6) is 0 Å². The number of carbonyl (C=O) groups is 3. The maximum atomic E-state index is 13.3. The third-order valence-corrected chi connectivity index (χ3v) is 4.63. The molecule has 1 aliphatic heterocycles. The molecule has 0 spiro atoms. The van der Waals surface area contributed by atoms with E-state index in [1.165, 1.54) is 0 Å². The third-order valence-electron chi connectivity index (χ3n) is 4.63. The van der Waals surface area contributed by atoms with Gasteiger partial charge in [0.25, 0.3) is 11.8 Å². The molecule has 6 heteroatoms. The summed E-state index contributed by atoms with van der Waals surface area (Å²) >= 11 is 0. The Kier molecular flexibility index (Phi) is 5.84. The molecule has 6 nitrogen and oxygen atoms in total. The molecule has 2 aromatic carbocycles. The van der Waals surface area contributed by atoms with Crippen molar-refractivity contribution >= 4 is 17.7 Å². The molecule has 0 aromatic heterocycles. The highest BCUT2D eigenvalue weighted by Gasteiger charge is 2.47. The van der Waals surface area contributed by atoms with Crippen LogP contribution in [-0.2, 0) is 9.53 Å². The van der Waals surface area contributed by atoms with E-state index in [4.69, 9.17) is 4.74 Å². The fourth-order valence-electron chi connectivity index (χ4n) is 3.49. The molecule has 1 aliphatic rings. The molecule has 0 fully saturated rings. The van der Waals surface area contributed by atoms with E-state index in [1.807, 2.05) is 58.0 Å². The normalized spacial score (nSPS) is 15.8. The third kappa shape index (κ3) is 4.22. The van der Waals surface area contributed by atoms with Crippen LogP contribution >= 0.6 is 0 Å². The average Bonchev–Trinajstić information content (AvgIpc) is 2.92. The van der Waals surface area contributed by atoms with E-state index in [9.17, 15) is 14.4 Å². The van der Waals surface area contributed by atoms with Gasteiger partial charge in [-0.2, -0.15) is 0 Å². The topological polar surface area (TPSA) is 75.7 Å². The molecule has 0 radical (unpaired) electrons. The molecule has 1 heterocycles. The summed E-state index contributed by atoms with van der Waals surface area (Å²) in [6, 6.07) is 14.7. The number of hydrogen-bond acceptors (Lipinski definition) is 4. The largest absolute Gasteiger partial charge is 0.371 e. The summed E-state index contributed by atoms with van der Waals surface area (Å²) in [5.41, 5.74) is 0.783. The number of amides is 3. The molecule has 0 bridgehead atoms. The molecule has 1 N–H and O–H groups in total. The zero-order valence-corrected chi connectivity index (χ0v) is 17.1. The van der Waals surface area contributed by atoms with Crippen molar-refractivity contribution in [1.82, 2.24) is 10.2 Å². The Labute approximate surface area is 170 Å². The second-order valence-electron chi connectivity index (χ2n) is 8.00. The van der Waals surface area contributed by atoms with Crippen molar-refractivity contribution in [1.29, 1.82) is 0 Å². The predicted molar refractivity (Wildman–Crippen MR) is 109 cm³/mol. The molecule has 0 unspecified atom stereocenters. The van der Waals surface area contributed by atoms with Gasteiger partial charge in [0.05, 0.1) is 11.1 Å². The average molecular weight is 394 g/mol. The molecule has 152 valence electrons. The van der Waals surface area contributed by atoms with Crippen molar-refractivity contribution in [2.24, 2.45) is 0 Å². The van der Waals surface area contributed by atoms with Gasteiger partial charge in [-0.3, -0.25) is 19.3 Å². The maximum Gasteiger partial charge on any atom is 0.262 e. The van der Waals surface area contributed by atoms with Gasteiger partial charge in [0.2, 0.25) is 5.91 Å². The van der Waals surface area contributed by atoms with Crippen LogP contribution in [0.1, 0.15) is 60.1 Å². The van der Waals surface area contributed by atoms with Gasteiger partial charge in [-0.25, -0.2) is 0 Å². The smallest absolute Gasteiger partial charge is 0.262 e. The van der Waals surface area contributed by atoms with Crippen molar-refractivity contribution < 1.29 is 19.1 Å². The number of carbonyl (C=O) groups excluding carboxylic acids is 3. The van der Waals surface area contributed by atoms with Crippen LogP contribution in [-0.4, -0.2) is 40.8 Å². The molecule has 29 heavy (non-hydrogen) atoms. The summed E-state index contributed by atoms with van der Waals surface area (Å²) < 4.78 is 5.93. The van der Waals surface area contributed by atoms with Crippen molar-refractivity contribution in [2.75, 3.05) is 6.61 Å². The highest BCUT2D eigenvalue weighted by atomic mass is 16.5. The van der Waals surface area contributed by atoms with Crippen LogP contribution in [0.25, 0.3) is 0 Å². The molecule has 0 saturated heterocycles. The van der Waals surface area contributed by atoms with Gasteiger partial charge in [0, 0.05) is 12.1 Å². The summed E-state index contributed by atoms with van der Waals surface area (Å²) in [5, 5.41) is 2.91. The number of hydrogen-bond donors (Lipinski definition) is 1. The van der Waals surface area contributed by atoms with Crippen LogP contribution in [0.2, 0.25) is 0 Å². The second-order valence-corrected chi connectivity index (χ2v) is 8.00. The lowest BCUT2D eigenvalue weighted by molar-refractivity contribution is -0.132. The molecule has 2 atom stereocenters. The van der Waals surface area contributed by atoms with E-state index < -0.39 is 35.4 Å². The zero-order chi connectivity index (χ0) is 21.2. The highest BCUT2D eigenvalue weighted by molar-refractivity contribution is 6.23. The molecule has 0 saturated carbocycles. The number of benzene rings is 2. The number of fused-ring (bicyclic) bond motifs is 1. The number of imide groups is 1. The van der Waals surface area contributed by atoms with Crippen molar-refractivity contribution in [3.05, 3.63) is 71.3 Å². The Morgan fingerprint density at radius 1 is 0.966 bits per heavy atom. The summed E-state index contributed by atoms with van der Waals surface area (Å²) in [7, 11) is 0. The standard InChI is InChI=1S/C23H26N2O4/c1-5-29-19(15-11-7-6-8-12-15)18(20(26)24-23(2,3)4)25-21(27)16-13-9-10-14-17(16)22(25)28/h6-14,18-19H,5H2,1-4H3,(H,24,26)/t18-,19+/m0/s1. The first-order valence-corrected chi connectivity index (χ1v) is 9.70. The maximum absolute atomic E-state index is 13.3. The van der Waals surface area contributed by atoms with Gasteiger partial charge >= 0.3 is 0 Å². The van der Waals surface area contributed by atoms with Crippen LogP contribution < -0.4 is 5.32 Å². The fraction of sp³-hybridized carbons (Fsp3) is 0.348. The molecule has 0 aliphatic carbocycles. The van der Waals surface area contributed by atoms with Crippen LogP contribution in [0, 0.1) is 0 Å². The predicted octanol–water partition coefficient (Wildman–Crippen LogP) is 3.34. The van der Waals surface area contributed by atoms with Gasteiger partial charge in [-0.15, -0.1) is 0 Å². The zero-order valence-electron chi connectivity index (χ0n) is 17.1. The Balaban J connectivity index is 2.10. The van der Waals surface area contributed by atoms with E-state index in [0.717, 1.165) is 10.5 Å². The minimum Gasteiger partial charge on any atom is -0.371 e. The fourth-order valence-corrected chi connectivity index (χ4v) is 3.49. The summed E-state index contributed by atoms with van der Waals surface area (Å²) in [5.74, 6) is -1.41. The van der Waals surface area contributed by atoms with E-state index >= 15 is 0 Å². The second kappa shape index (κ2) is 8.17. The first-order valence-electron chi connectivity index (χ1n) is 9.70.